The van der Waals surface area contributed by atoms with Gasteiger partial charge < -0.3 is 26.3 Å². The zero-order chi connectivity index (χ0) is 17.4. The molecule has 0 saturated carbocycles. The van der Waals surface area contributed by atoms with Gasteiger partial charge in [-0.3, -0.25) is 0 Å². The van der Waals surface area contributed by atoms with Crippen LogP contribution in [0.15, 0.2) is 34.4 Å². The second-order valence-electron chi connectivity index (χ2n) is 5.18. The summed E-state index contributed by atoms with van der Waals surface area (Å²) in [5, 5.41) is 27.3. The molecule has 2 aliphatic rings. The molecule has 2 aliphatic heterocycles. The molecule has 13 heteroatoms. The number of nitrogen functional groups attached to an aromatic ring is 2. The highest BCUT2D eigenvalue weighted by atomic mass is 32.2. The van der Waals surface area contributed by atoms with Crippen LogP contribution in [0.3, 0.4) is 0 Å². The summed E-state index contributed by atoms with van der Waals surface area (Å²) in [4.78, 5) is 0. The molecule has 4 rings (SSSR count). The first-order chi connectivity index (χ1) is 12.1. The average molecular weight is 382 g/mol. The summed E-state index contributed by atoms with van der Waals surface area (Å²) >= 11 is 2.76. The van der Waals surface area contributed by atoms with E-state index in [-0.39, 0.29) is 12.2 Å². The van der Waals surface area contributed by atoms with Crippen molar-refractivity contribution in [3.05, 3.63) is 35.7 Å². The van der Waals surface area contributed by atoms with Crippen molar-refractivity contribution in [3.8, 4) is 0 Å². The number of thioether (sulfide) groups is 2. The van der Waals surface area contributed by atoms with Gasteiger partial charge in [-0.15, -0.1) is 20.4 Å². The first-order valence-corrected chi connectivity index (χ1v) is 9.13. The summed E-state index contributed by atoms with van der Waals surface area (Å²) in [5.41, 5.74) is 0. The first kappa shape index (κ1) is 16.1. The Hall–Kier alpha value is -2.38. The van der Waals surface area contributed by atoms with E-state index in [9.17, 15) is 5.11 Å². The predicted molar refractivity (Wildman–Crippen MR) is 88.8 cm³/mol. The topological polar surface area (TPSA) is 159 Å². The molecule has 1 unspecified atom stereocenters. The molecule has 0 bridgehead atoms. The molecule has 132 valence electrons. The highest BCUT2D eigenvalue weighted by molar-refractivity contribution is 7.99. The number of aromatic nitrogens is 6. The van der Waals surface area contributed by atoms with Gasteiger partial charge in [0, 0.05) is 6.42 Å². The molecule has 2 aromatic rings. The molecule has 0 saturated heterocycles. The van der Waals surface area contributed by atoms with Gasteiger partial charge >= 0.3 is 0 Å². The Labute approximate surface area is 150 Å². The van der Waals surface area contributed by atoms with Crippen molar-refractivity contribution in [1.29, 1.82) is 0 Å². The van der Waals surface area contributed by atoms with Crippen LogP contribution in [0.5, 0.6) is 0 Å². The van der Waals surface area contributed by atoms with E-state index in [1.165, 1.54) is 32.9 Å². The molecule has 0 aliphatic carbocycles. The summed E-state index contributed by atoms with van der Waals surface area (Å²) in [6, 6.07) is 0. The Kier molecular flexibility index (Phi) is 4.19. The van der Waals surface area contributed by atoms with E-state index in [0.29, 0.717) is 27.6 Å². The van der Waals surface area contributed by atoms with Crippen molar-refractivity contribution in [2.75, 3.05) is 23.2 Å². The maximum Gasteiger partial charge on any atom is 0.210 e. The zero-order valence-corrected chi connectivity index (χ0v) is 14.4. The van der Waals surface area contributed by atoms with Gasteiger partial charge in [-0.2, -0.15) is 0 Å². The van der Waals surface area contributed by atoms with Crippen LogP contribution in [0.2, 0.25) is 0 Å². The third-order valence-corrected chi connectivity index (χ3v) is 5.29. The minimum Gasteiger partial charge on any atom is -0.462 e. The molecule has 0 aromatic carbocycles. The van der Waals surface area contributed by atoms with Gasteiger partial charge in [-0.1, -0.05) is 23.5 Å². The van der Waals surface area contributed by atoms with Crippen molar-refractivity contribution in [2.45, 2.75) is 22.8 Å². The highest BCUT2D eigenvalue weighted by Crippen LogP contribution is 2.27. The second kappa shape index (κ2) is 6.50. The lowest BCUT2D eigenvalue weighted by molar-refractivity contribution is 0.161. The smallest absolute Gasteiger partial charge is 0.210 e. The number of hydrogen-bond donors (Lipinski definition) is 3. The van der Waals surface area contributed by atoms with Crippen LogP contribution >= 0.6 is 23.5 Å². The lowest BCUT2D eigenvalue weighted by Gasteiger charge is -2.09. The van der Waals surface area contributed by atoms with Gasteiger partial charge in [0.15, 0.2) is 11.6 Å². The number of nitrogens with two attached hydrogens (primary N) is 2. The van der Waals surface area contributed by atoms with Crippen molar-refractivity contribution >= 4 is 23.5 Å². The van der Waals surface area contributed by atoms with Gasteiger partial charge in [0.2, 0.25) is 10.3 Å². The number of ether oxygens (including phenoxy) is 2. The third kappa shape index (κ3) is 3.67. The van der Waals surface area contributed by atoms with Crippen LogP contribution in [-0.4, -0.2) is 46.4 Å². The number of aliphatic hydroxyl groups is 1. The van der Waals surface area contributed by atoms with E-state index in [1.807, 2.05) is 0 Å². The quantitative estimate of drug-likeness (QED) is 0.379. The number of aliphatic hydroxyl groups excluding tert-OH is 1. The Bertz CT molecular complexity index is 861. The van der Waals surface area contributed by atoms with E-state index >= 15 is 0 Å². The molecule has 4 heterocycles. The van der Waals surface area contributed by atoms with Crippen LogP contribution in [-0.2, 0) is 15.9 Å². The highest BCUT2D eigenvalue weighted by Gasteiger charge is 2.23. The summed E-state index contributed by atoms with van der Waals surface area (Å²) < 4.78 is 12.5. The number of rotatable bonds is 9. The fraction of sp³-hybridized carbons (Fsp3) is 0.333. The van der Waals surface area contributed by atoms with E-state index < -0.39 is 6.10 Å². The van der Waals surface area contributed by atoms with E-state index in [2.05, 4.69) is 20.4 Å². The Balaban J connectivity index is 1.40. The molecule has 11 nitrogen and oxygen atoms in total. The van der Waals surface area contributed by atoms with E-state index in [4.69, 9.17) is 21.2 Å². The minimum absolute atomic E-state index is 0.109. The summed E-state index contributed by atoms with van der Waals surface area (Å²) in [6.07, 6.45) is 2.40. The molecule has 0 radical (unpaired) electrons. The molecule has 0 fully saturated rings. The van der Waals surface area contributed by atoms with Crippen molar-refractivity contribution < 1.29 is 14.6 Å². The molecule has 25 heavy (non-hydrogen) atoms. The largest absolute Gasteiger partial charge is 0.462 e. The zero-order valence-electron chi connectivity index (χ0n) is 12.8. The van der Waals surface area contributed by atoms with Crippen LogP contribution in [0.25, 0.3) is 0 Å². The number of hydrogen-bond acceptors (Lipinski definition) is 11. The summed E-state index contributed by atoms with van der Waals surface area (Å²) in [7, 11) is 0. The lowest BCUT2D eigenvalue weighted by Crippen LogP contribution is -2.21. The standard InChI is InChI=1S/C12H14N8O3S2/c13-19-9(15-17-11(19)24-4-6-2-22-6)1-8(21)10-16-18-12(20(10)14)25-5-7-3-23-7/h2-3,8,21H,1,4-5,13-14H2. The molecule has 0 spiro atoms. The van der Waals surface area contributed by atoms with Crippen LogP contribution in [0.1, 0.15) is 17.8 Å². The van der Waals surface area contributed by atoms with Gasteiger partial charge in [0.05, 0.1) is 11.5 Å². The molecular weight excluding hydrogens is 368 g/mol. The third-order valence-electron chi connectivity index (χ3n) is 3.36. The van der Waals surface area contributed by atoms with Gasteiger partial charge in [0.25, 0.3) is 0 Å². The van der Waals surface area contributed by atoms with Gasteiger partial charge in [-0.25, -0.2) is 9.35 Å². The minimum atomic E-state index is -1.01. The normalized spacial score (nSPS) is 15.9. The lowest BCUT2D eigenvalue weighted by atomic mass is 10.2. The van der Waals surface area contributed by atoms with E-state index in [0.717, 1.165) is 11.5 Å². The Morgan fingerprint density at radius 3 is 2.12 bits per heavy atom. The fourth-order valence-corrected chi connectivity index (χ4v) is 3.40. The maximum atomic E-state index is 10.4. The van der Waals surface area contributed by atoms with Crippen LogP contribution in [0.4, 0.5) is 0 Å². The Morgan fingerprint density at radius 1 is 0.960 bits per heavy atom. The monoisotopic (exact) mass is 382 g/mol. The molecule has 0 amide bonds. The van der Waals surface area contributed by atoms with Crippen LogP contribution in [0, 0.1) is 0 Å². The van der Waals surface area contributed by atoms with Crippen molar-refractivity contribution in [3.63, 3.8) is 0 Å². The summed E-state index contributed by atoms with van der Waals surface area (Å²) in [6.45, 7) is 0. The molecular formula is C12H14N8O3S2. The maximum absolute atomic E-state index is 10.4. The first-order valence-electron chi connectivity index (χ1n) is 7.16. The van der Waals surface area contributed by atoms with E-state index in [1.54, 1.807) is 12.5 Å². The van der Waals surface area contributed by atoms with Gasteiger partial charge in [0.1, 0.15) is 30.1 Å². The molecule has 1 atom stereocenters. The SMILES string of the molecule is Nn1c(CC(O)c2nnc(SCC3=CO3)n2N)nnc1SCC1=CO1. The molecule has 5 N–H and O–H groups in total. The second-order valence-corrected chi connectivity index (χ2v) is 7.07. The predicted octanol–water partition coefficient (Wildman–Crippen LogP) is -0.499. The average Bonchev–Trinajstić information content (AvgIpc) is 3.51. The fourth-order valence-electron chi connectivity index (χ4n) is 1.91. The van der Waals surface area contributed by atoms with Crippen molar-refractivity contribution in [2.24, 2.45) is 0 Å². The van der Waals surface area contributed by atoms with Gasteiger partial charge in [-0.05, 0) is 0 Å². The molecule has 2 aromatic heterocycles. The number of nitrogens with zero attached hydrogens (tertiary/aromatic N) is 6. The Morgan fingerprint density at radius 2 is 1.52 bits per heavy atom. The summed E-state index contributed by atoms with van der Waals surface area (Å²) in [5.74, 6) is 15.5. The van der Waals surface area contributed by atoms with Crippen LogP contribution < -0.4 is 11.7 Å². The van der Waals surface area contributed by atoms with Crippen molar-refractivity contribution in [1.82, 2.24) is 29.7 Å².